The monoisotopic (exact) mass is 255 g/mol. The number of nitrogens with zero attached hydrogens (tertiary/aromatic N) is 2. The van der Waals surface area contributed by atoms with Crippen LogP contribution in [0.3, 0.4) is 0 Å². The van der Waals surface area contributed by atoms with Crippen LogP contribution < -0.4 is 5.73 Å². The van der Waals surface area contributed by atoms with Gasteiger partial charge < -0.3 is 5.73 Å². The predicted octanol–water partition coefficient (Wildman–Crippen LogP) is 3.09. The highest BCUT2D eigenvalue weighted by molar-refractivity contribution is 5.32. The minimum Gasteiger partial charge on any atom is -0.384 e. The van der Waals surface area contributed by atoms with Crippen molar-refractivity contribution in [2.24, 2.45) is 0 Å². The van der Waals surface area contributed by atoms with Crippen molar-refractivity contribution in [3.63, 3.8) is 0 Å². The molecule has 0 spiro atoms. The molecule has 6 heteroatoms. The largest absolute Gasteiger partial charge is 0.416 e. The molecule has 2 rings (SSSR count). The van der Waals surface area contributed by atoms with Gasteiger partial charge in [0.1, 0.15) is 5.82 Å². The number of alkyl halides is 3. The summed E-state index contributed by atoms with van der Waals surface area (Å²) in [7, 11) is 0. The van der Waals surface area contributed by atoms with Gasteiger partial charge in [-0.1, -0.05) is 12.1 Å². The molecule has 0 aliphatic heterocycles. The van der Waals surface area contributed by atoms with Crippen molar-refractivity contribution in [3.05, 3.63) is 47.7 Å². The van der Waals surface area contributed by atoms with E-state index in [0.29, 0.717) is 11.4 Å². The van der Waals surface area contributed by atoms with Crippen molar-refractivity contribution < 1.29 is 13.2 Å². The molecule has 96 valence electrons. The minimum absolute atomic E-state index is 0.345. The van der Waals surface area contributed by atoms with Gasteiger partial charge in [0, 0.05) is 0 Å². The van der Waals surface area contributed by atoms with Crippen LogP contribution in [-0.2, 0) is 6.18 Å². The lowest BCUT2D eigenvalue weighted by molar-refractivity contribution is -0.137. The number of aromatic nitrogens is 2. The number of hydrogen-bond donors (Lipinski definition) is 1. The Morgan fingerprint density at radius 3 is 2.56 bits per heavy atom. The van der Waals surface area contributed by atoms with Gasteiger partial charge in [-0.3, -0.25) is 0 Å². The molecular formula is C12H12F3N3. The van der Waals surface area contributed by atoms with Crippen LogP contribution in [0.2, 0.25) is 0 Å². The highest BCUT2D eigenvalue weighted by Gasteiger charge is 2.30. The quantitative estimate of drug-likeness (QED) is 0.896. The molecule has 3 nitrogen and oxygen atoms in total. The molecule has 0 aliphatic rings. The van der Waals surface area contributed by atoms with Gasteiger partial charge in [0.15, 0.2) is 0 Å². The predicted molar refractivity (Wildman–Crippen MR) is 61.9 cm³/mol. The van der Waals surface area contributed by atoms with Crippen LogP contribution in [0.25, 0.3) is 0 Å². The van der Waals surface area contributed by atoms with Crippen LogP contribution in [0, 0.1) is 0 Å². The van der Waals surface area contributed by atoms with E-state index in [1.165, 1.54) is 16.9 Å². The fourth-order valence-corrected chi connectivity index (χ4v) is 1.76. The highest BCUT2D eigenvalue weighted by Crippen LogP contribution is 2.31. The lowest BCUT2D eigenvalue weighted by Gasteiger charge is -2.16. The molecule has 2 aromatic rings. The number of hydrogen-bond acceptors (Lipinski definition) is 2. The van der Waals surface area contributed by atoms with Gasteiger partial charge in [-0.05, 0) is 30.7 Å². The average molecular weight is 255 g/mol. The minimum atomic E-state index is -4.34. The van der Waals surface area contributed by atoms with Crippen LogP contribution in [0.1, 0.15) is 24.1 Å². The first kappa shape index (κ1) is 12.5. The zero-order chi connectivity index (χ0) is 13.3. The summed E-state index contributed by atoms with van der Waals surface area (Å²) in [6.45, 7) is 1.75. The van der Waals surface area contributed by atoms with E-state index < -0.39 is 11.7 Å². The molecule has 18 heavy (non-hydrogen) atoms. The van der Waals surface area contributed by atoms with E-state index in [1.54, 1.807) is 19.1 Å². The lowest BCUT2D eigenvalue weighted by atomic mass is 10.1. The second-order valence-electron chi connectivity index (χ2n) is 4.00. The summed E-state index contributed by atoms with van der Waals surface area (Å²) < 4.78 is 39.3. The van der Waals surface area contributed by atoms with Gasteiger partial charge in [-0.15, -0.1) is 0 Å². The third-order valence-electron chi connectivity index (χ3n) is 2.76. The first-order chi connectivity index (χ1) is 8.39. The Labute approximate surface area is 102 Å². The van der Waals surface area contributed by atoms with E-state index in [9.17, 15) is 13.2 Å². The number of nitrogens with two attached hydrogens (primary N) is 1. The molecule has 0 aliphatic carbocycles. The summed E-state index contributed by atoms with van der Waals surface area (Å²) >= 11 is 0. The van der Waals surface area contributed by atoms with Crippen molar-refractivity contribution in [1.29, 1.82) is 0 Å². The first-order valence-corrected chi connectivity index (χ1v) is 5.36. The van der Waals surface area contributed by atoms with Crippen molar-refractivity contribution in [2.75, 3.05) is 5.73 Å². The topological polar surface area (TPSA) is 43.8 Å². The van der Waals surface area contributed by atoms with Crippen molar-refractivity contribution >= 4 is 5.82 Å². The van der Waals surface area contributed by atoms with Gasteiger partial charge >= 0.3 is 6.18 Å². The molecule has 0 bridgehead atoms. The summed E-state index contributed by atoms with van der Waals surface area (Å²) in [5.74, 6) is 0.417. The van der Waals surface area contributed by atoms with Gasteiger partial charge in [-0.2, -0.15) is 18.3 Å². The Morgan fingerprint density at radius 1 is 1.28 bits per heavy atom. The number of nitrogen functional groups attached to an aromatic ring is 1. The summed E-state index contributed by atoms with van der Waals surface area (Å²) in [4.78, 5) is 0. The fourth-order valence-electron chi connectivity index (χ4n) is 1.76. The Kier molecular flexibility index (Phi) is 3.02. The fraction of sp³-hybridized carbons (Fsp3) is 0.250. The van der Waals surface area contributed by atoms with Crippen molar-refractivity contribution in [3.8, 4) is 0 Å². The van der Waals surface area contributed by atoms with E-state index in [4.69, 9.17) is 5.73 Å². The second kappa shape index (κ2) is 4.36. The van der Waals surface area contributed by atoms with E-state index in [1.807, 2.05) is 0 Å². The summed E-state index contributed by atoms with van der Waals surface area (Å²) in [6, 6.07) is 6.43. The Hall–Kier alpha value is -1.98. The molecule has 1 atom stereocenters. The van der Waals surface area contributed by atoms with Gasteiger partial charge in [0.25, 0.3) is 0 Å². The number of anilines is 1. The van der Waals surface area contributed by atoms with Crippen molar-refractivity contribution in [2.45, 2.75) is 19.1 Å². The lowest BCUT2D eigenvalue weighted by Crippen LogP contribution is -2.13. The van der Waals surface area contributed by atoms with Crippen LogP contribution in [0.15, 0.2) is 36.5 Å². The second-order valence-corrected chi connectivity index (χ2v) is 4.00. The molecule has 0 radical (unpaired) electrons. The normalized spacial score (nSPS) is 13.6. The molecule has 2 N–H and O–H groups in total. The van der Waals surface area contributed by atoms with Crippen LogP contribution >= 0.6 is 0 Å². The third kappa shape index (κ3) is 2.32. The Balaban J connectivity index is 2.38. The average Bonchev–Trinajstić information content (AvgIpc) is 2.73. The molecule has 1 heterocycles. The van der Waals surface area contributed by atoms with E-state index in [0.717, 1.165) is 12.1 Å². The van der Waals surface area contributed by atoms with E-state index in [2.05, 4.69) is 5.10 Å². The van der Waals surface area contributed by atoms with Gasteiger partial charge in [0.05, 0.1) is 17.8 Å². The highest BCUT2D eigenvalue weighted by atomic mass is 19.4. The SMILES string of the molecule is CC(c1cccc(C(F)(F)F)c1)n1nccc1N. The van der Waals surface area contributed by atoms with Crippen LogP contribution in [-0.4, -0.2) is 9.78 Å². The number of halogens is 3. The third-order valence-corrected chi connectivity index (χ3v) is 2.76. The maximum Gasteiger partial charge on any atom is 0.416 e. The maximum absolute atomic E-state index is 12.6. The zero-order valence-electron chi connectivity index (χ0n) is 9.65. The standard InChI is InChI=1S/C12H12F3N3/c1-8(18-11(16)5-6-17-18)9-3-2-4-10(7-9)12(13,14)15/h2-8H,16H2,1H3. The maximum atomic E-state index is 12.6. The summed E-state index contributed by atoms with van der Waals surface area (Å²) in [5, 5.41) is 3.99. The molecule has 1 unspecified atom stereocenters. The number of benzene rings is 1. The molecule has 0 saturated carbocycles. The molecule has 0 fully saturated rings. The Morgan fingerprint density at radius 2 is 2.00 bits per heavy atom. The molecule has 1 aromatic heterocycles. The van der Waals surface area contributed by atoms with Gasteiger partial charge in [0.2, 0.25) is 0 Å². The van der Waals surface area contributed by atoms with Gasteiger partial charge in [-0.25, -0.2) is 4.68 Å². The van der Waals surface area contributed by atoms with Crippen molar-refractivity contribution in [1.82, 2.24) is 9.78 Å². The number of rotatable bonds is 2. The van der Waals surface area contributed by atoms with E-state index >= 15 is 0 Å². The van der Waals surface area contributed by atoms with E-state index in [-0.39, 0.29) is 6.04 Å². The van der Waals surface area contributed by atoms with Crippen LogP contribution in [0.4, 0.5) is 19.0 Å². The molecule has 0 saturated heterocycles. The van der Waals surface area contributed by atoms with Crippen LogP contribution in [0.5, 0.6) is 0 Å². The summed E-state index contributed by atoms with van der Waals surface area (Å²) in [6.07, 6.45) is -2.83. The Bertz CT molecular complexity index is 545. The molecule has 0 amide bonds. The zero-order valence-corrected chi connectivity index (χ0v) is 9.65. The summed E-state index contributed by atoms with van der Waals surface area (Å²) in [5.41, 5.74) is 5.53. The first-order valence-electron chi connectivity index (χ1n) is 5.36. The molecule has 1 aromatic carbocycles. The smallest absolute Gasteiger partial charge is 0.384 e. The molecular weight excluding hydrogens is 243 g/mol.